The van der Waals surface area contributed by atoms with Crippen molar-refractivity contribution in [1.82, 2.24) is 15.3 Å². The minimum Gasteiger partial charge on any atom is -0.508 e. The highest BCUT2D eigenvalue weighted by Crippen LogP contribution is 2.27. The van der Waals surface area contributed by atoms with Crippen molar-refractivity contribution in [2.45, 2.75) is 6.18 Å². The van der Waals surface area contributed by atoms with Crippen molar-refractivity contribution >= 4 is 11.9 Å². The number of phenolic OH excluding ortho intramolecular Hbond substituents is 1. The summed E-state index contributed by atoms with van der Waals surface area (Å²) >= 11 is 0. The van der Waals surface area contributed by atoms with Crippen molar-refractivity contribution in [3.63, 3.8) is 0 Å². The maximum atomic E-state index is 13.5. The number of anilines is 1. The number of benzene rings is 1. The van der Waals surface area contributed by atoms with Gasteiger partial charge in [0.1, 0.15) is 17.3 Å². The van der Waals surface area contributed by atoms with Gasteiger partial charge in [-0.3, -0.25) is 4.79 Å². The number of alkyl halides is 3. The molecule has 0 unspecified atom stereocenters. The summed E-state index contributed by atoms with van der Waals surface area (Å²) in [5.74, 6) is -2.16. The minimum atomic E-state index is -4.58. The lowest BCUT2D eigenvalue weighted by atomic mass is 10.2. The standard InChI is InChI=1S/C14H12F4N4O2/c15-10-7-8(23)1-2-9(10)12(24)19-5-6-21-13-20-4-3-11(22-13)14(16,17)18/h1-4,7,23H,5-6H2,(H,19,24)(H,20,21,22). The van der Waals surface area contributed by atoms with Crippen LogP contribution in [0.15, 0.2) is 30.5 Å². The SMILES string of the molecule is O=C(NCCNc1nccc(C(F)(F)F)n1)c1ccc(O)cc1F. The van der Waals surface area contributed by atoms with Crippen LogP contribution in [0.5, 0.6) is 5.75 Å². The Morgan fingerprint density at radius 3 is 2.62 bits per heavy atom. The highest BCUT2D eigenvalue weighted by atomic mass is 19.4. The highest BCUT2D eigenvalue weighted by molar-refractivity contribution is 5.94. The van der Waals surface area contributed by atoms with Gasteiger partial charge in [0.2, 0.25) is 5.95 Å². The van der Waals surface area contributed by atoms with Gasteiger partial charge in [-0.25, -0.2) is 14.4 Å². The van der Waals surface area contributed by atoms with Crippen LogP contribution in [0, 0.1) is 5.82 Å². The number of halogens is 4. The lowest BCUT2D eigenvalue weighted by molar-refractivity contribution is -0.141. The molecule has 2 aromatic rings. The molecule has 0 atom stereocenters. The number of phenols is 1. The fourth-order valence-corrected chi connectivity index (χ4v) is 1.74. The summed E-state index contributed by atoms with van der Waals surface area (Å²) in [5.41, 5.74) is -1.35. The van der Waals surface area contributed by atoms with Crippen LogP contribution in [-0.2, 0) is 6.18 Å². The molecule has 0 saturated heterocycles. The molecule has 1 heterocycles. The van der Waals surface area contributed by atoms with E-state index in [1.165, 1.54) is 0 Å². The molecule has 0 radical (unpaired) electrons. The molecule has 2 rings (SSSR count). The number of hydrogen-bond acceptors (Lipinski definition) is 5. The number of hydrogen-bond donors (Lipinski definition) is 3. The molecular weight excluding hydrogens is 332 g/mol. The van der Waals surface area contributed by atoms with Crippen molar-refractivity contribution in [2.75, 3.05) is 18.4 Å². The molecular formula is C14H12F4N4O2. The van der Waals surface area contributed by atoms with E-state index in [9.17, 15) is 22.4 Å². The van der Waals surface area contributed by atoms with Gasteiger partial charge in [0.05, 0.1) is 5.56 Å². The molecule has 0 spiro atoms. The zero-order chi connectivity index (χ0) is 17.7. The Labute approximate surface area is 133 Å². The van der Waals surface area contributed by atoms with E-state index >= 15 is 0 Å². The van der Waals surface area contributed by atoms with Crippen LogP contribution in [0.4, 0.5) is 23.5 Å². The fourth-order valence-electron chi connectivity index (χ4n) is 1.74. The Morgan fingerprint density at radius 2 is 1.96 bits per heavy atom. The third-order valence-electron chi connectivity index (χ3n) is 2.84. The topological polar surface area (TPSA) is 87.1 Å². The second-order valence-electron chi connectivity index (χ2n) is 4.61. The van der Waals surface area contributed by atoms with E-state index in [0.717, 1.165) is 30.5 Å². The Balaban J connectivity index is 1.86. The van der Waals surface area contributed by atoms with Crippen LogP contribution in [0.25, 0.3) is 0 Å². The van der Waals surface area contributed by atoms with Crippen LogP contribution in [-0.4, -0.2) is 34.1 Å². The molecule has 0 fully saturated rings. The second-order valence-corrected chi connectivity index (χ2v) is 4.61. The second kappa shape index (κ2) is 7.11. The zero-order valence-electron chi connectivity index (χ0n) is 12.1. The summed E-state index contributed by atoms with van der Waals surface area (Å²) in [6.45, 7) is 0.0332. The highest BCUT2D eigenvalue weighted by Gasteiger charge is 2.32. The fraction of sp³-hybridized carbons (Fsp3) is 0.214. The van der Waals surface area contributed by atoms with Crippen LogP contribution in [0.3, 0.4) is 0 Å². The van der Waals surface area contributed by atoms with Gasteiger partial charge >= 0.3 is 6.18 Å². The normalized spacial score (nSPS) is 11.2. The van der Waals surface area contributed by atoms with Crippen LogP contribution < -0.4 is 10.6 Å². The van der Waals surface area contributed by atoms with Crippen molar-refractivity contribution in [3.05, 3.63) is 47.5 Å². The first kappa shape index (κ1) is 17.4. The maximum Gasteiger partial charge on any atom is 0.433 e. The molecule has 0 aliphatic heterocycles. The molecule has 0 bridgehead atoms. The Morgan fingerprint density at radius 1 is 1.21 bits per heavy atom. The van der Waals surface area contributed by atoms with E-state index in [-0.39, 0.29) is 30.4 Å². The number of aromatic nitrogens is 2. The van der Waals surface area contributed by atoms with Crippen molar-refractivity contribution in [1.29, 1.82) is 0 Å². The van der Waals surface area contributed by atoms with Crippen molar-refractivity contribution in [2.24, 2.45) is 0 Å². The summed E-state index contributed by atoms with van der Waals surface area (Å²) in [5, 5.41) is 14.0. The van der Waals surface area contributed by atoms with Crippen molar-refractivity contribution in [3.8, 4) is 5.75 Å². The van der Waals surface area contributed by atoms with Crippen molar-refractivity contribution < 1.29 is 27.5 Å². The third-order valence-corrected chi connectivity index (χ3v) is 2.84. The quantitative estimate of drug-likeness (QED) is 0.572. The van der Waals surface area contributed by atoms with Gasteiger partial charge in [-0.2, -0.15) is 13.2 Å². The van der Waals surface area contributed by atoms with Crippen LogP contribution in [0.2, 0.25) is 0 Å². The molecule has 128 valence electrons. The monoisotopic (exact) mass is 344 g/mol. The van der Waals surface area contributed by atoms with Gasteiger partial charge in [-0.15, -0.1) is 0 Å². The summed E-state index contributed by atoms with van der Waals surface area (Å²) in [4.78, 5) is 18.7. The van der Waals surface area contributed by atoms with E-state index in [1.807, 2.05) is 0 Å². The number of nitrogens with one attached hydrogen (secondary N) is 2. The number of nitrogens with zero attached hydrogens (tertiary/aromatic N) is 2. The molecule has 1 amide bonds. The lowest BCUT2D eigenvalue weighted by Crippen LogP contribution is -2.29. The van der Waals surface area contributed by atoms with Gasteiger partial charge in [0.25, 0.3) is 5.91 Å². The Hall–Kier alpha value is -2.91. The minimum absolute atomic E-state index is 0.00123. The van der Waals surface area contributed by atoms with E-state index in [1.54, 1.807) is 0 Å². The number of carbonyl (C=O) groups excluding carboxylic acids is 1. The van der Waals surface area contributed by atoms with Crippen LogP contribution in [0.1, 0.15) is 16.1 Å². The number of carbonyl (C=O) groups is 1. The summed E-state index contributed by atoms with van der Waals surface area (Å²) in [7, 11) is 0. The number of aromatic hydroxyl groups is 1. The smallest absolute Gasteiger partial charge is 0.433 e. The maximum absolute atomic E-state index is 13.5. The zero-order valence-corrected chi connectivity index (χ0v) is 12.1. The molecule has 10 heteroatoms. The largest absolute Gasteiger partial charge is 0.508 e. The molecule has 1 aromatic heterocycles. The molecule has 0 aliphatic rings. The summed E-state index contributed by atoms with van der Waals surface area (Å²) in [6, 6.07) is 3.81. The lowest BCUT2D eigenvalue weighted by Gasteiger charge is -2.09. The predicted octanol–water partition coefficient (Wildman–Crippen LogP) is 2.18. The van der Waals surface area contributed by atoms with Gasteiger partial charge in [-0.05, 0) is 18.2 Å². The number of rotatable bonds is 5. The molecule has 0 saturated carbocycles. The molecule has 24 heavy (non-hydrogen) atoms. The Bertz CT molecular complexity index is 737. The van der Waals surface area contributed by atoms with E-state index < -0.39 is 23.6 Å². The predicted molar refractivity (Wildman–Crippen MR) is 75.9 cm³/mol. The first-order valence-electron chi connectivity index (χ1n) is 6.68. The molecule has 1 aromatic carbocycles. The van der Waals surface area contributed by atoms with E-state index in [2.05, 4.69) is 20.6 Å². The average molecular weight is 344 g/mol. The Kier molecular flexibility index (Phi) is 5.17. The van der Waals surface area contributed by atoms with Gasteiger partial charge < -0.3 is 15.7 Å². The molecule has 0 aliphatic carbocycles. The average Bonchev–Trinajstić information content (AvgIpc) is 2.51. The number of amides is 1. The molecule has 6 nitrogen and oxygen atoms in total. The van der Waals surface area contributed by atoms with Gasteiger partial charge in [0.15, 0.2) is 0 Å². The molecule has 3 N–H and O–H groups in total. The van der Waals surface area contributed by atoms with Crippen LogP contribution >= 0.6 is 0 Å². The third kappa shape index (κ3) is 4.54. The van der Waals surface area contributed by atoms with Gasteiger partial charge in [0, 0.05) is 25.4 Å². The summed E-state index contributed by atoms with van der Waals surface area (Å²) in [6.07, 6.45) is -3.62. The van der Waals surface area contributed by atoms with E-state index in [4.69, 9.17) is 5.11 Å². The summed E-state index contributed by atoms with van der Waals surface area (Å²) < 4.78 is 50.9. The van der Waals surface area contributed by atoms with E-state index in [0.29, 0.717) is 0 Å². The first-order valence-corrected chi connectivity index (χ1v) is 6.68. The first-order chi connectivity index (χ1) is 11.3. The van der Waals surface area contributed by atoms with Gasteiger partial charge in [-0.1, -0.05) is 0 Å².